The fourth-order valence-corrected chi connectivity index (χ4v) is 2.12. The van der Waals surface area contributed by atoms with Crippen LogP contribution < -0.4 is 5.32 Å². The maximum Gasteiger partial charge on any atom is 0.239 e. The number of hydrogen-bond acceptors (Lipinski definition) is 3. The predicted molar refractivity (Wildman–Crippen MR) is 66.4 cm³/mol. The molecule has 1 rings (SSSR count). The van der Waals surface area contributed by atoms with Crippen LogP contribution in [-0.4, -0.2) is 62.0 Å². The summed E-state index contributed by atoms with van der Waals surface area (Å²) < 4.78 is 0. The molecule has 0 aliphatic carbocycles. The van der Waals surface area contributed by atoms with E-state index in [0.717, 1.165) is 45.4 Å². The lowest BCUT2D eigenvalue weighted by molar-refractivity contribution is -0.133. The predicted octanol–water partition coefficient (Wildman–Crippen LogP) is 0.539. The molecule has 0 spiro atoms. The minimum Gasteiger partial charge on any atom is -0.342 e. The van der Waals surface area contributed by atoms with Gasteiger partial charge in [-0.3, -0.25) is 4.79 Å². The first-order chi connectivity index (χ1) is 7.65. The number of carbonyl (C=O) groups is 1. The zero-order chi connectivity index (χ0) is 12.0. The summed E-state index contributed by atoms with van der Waals surface area (Å²) in [7, 11) is 4.13. The summed E-state index contributed by atoms with van der Waals surface area (Å²) in [6.45, 7) is 5.80. The first-order valence-corrected chi connectivity index (χ1v) is 6.32. The molecule has 1 amide bonds. The van der Waals surface area contributed by atoms with Crippen molar-refractivity contribution in [1.82, 2.24) is 15.1 Å². The van der Waals surface area contributed by atoms with E-state index in [0.29, 0.717) is 5.91 Å². The lowest BCUT2D eigenvalue weighted by Crippen LogP contribution is -2.44. The maximum atomic E-state index is 12.1. The molecular weight excluding hydrogens is 202 g/mol. The molecule has 94 valence electrons. The van der Waals surface area contributed by atoms with E-state index < -0.39 is 0 Å². The van der Waals surface area contributed by atoms with Gasteiger partial charge in [-0.25, -0.2) is 0 Å². The molecule has 0 aromatic carbocycles. The van der Waals surface area contributed by atoms with E-state index >= 15 is 0 Å². The van der Waals surface area contributed by atoms with Crippen LogP contribution in [0, 0.1) is 0 Å². The highest BCUT2D eigenvalue weighted by Crippen LogP contribution is 2.08. The number of nitrogens with one attached hydrogen (secondary N) is 1. The molecule has 1 fully saturated rings. The third kappa shape index (κ3) is 4.10. The Morgan fingerprint density at radius 2 is 2.12 bits per heavy atom. The first kappa shape index (κ1) is 13.5. The molecule has 0 aromatic heterocycles. The van der Waals surface area contributed by atoms with Gasteiger partial charge in [0.25, 0.3) is 0 Å². The standard InChI is InChI=1S/C12H25N3O/c1-4-15(10-6-9-14(2)3)12(16)11-7-5-8-13-11/h11,13H,4-10H2,1-3H3. The van der Waals surface area contributed by atoms with Gasteiger partial charge in [0, 0.05) is 13.1 Å². The van der Waals surface area contributed by atoms with Crippen LogP contribution >= 0.6 is 0 Å². The van der Waals surface area contributed by atoms with E-state index in [1.165, 1.54) is 0 Å². The van der Waals surface area contributed by atoms with Gasteiger partial charge in [-0.2, -0.15) is 0 Å². The topological polar surface area (TPSA) is 35.6 Å². The number of amides is 1. The first-order valence-electron chi connectivity index (χ1n) is 6.32. The summed E-state index contributed by atoms with van der Waals surface area (Å²) in [4.78, 5) is 16.2. The SMILES string of the molecule is CCN(CCCN(C)C)C(=O)C1CCCN1. The second-order valence-corrected chi connectivity index (χ2v) is 4.72. The van der Waals surface area contributed by atoms with Crippen molar-refractivity contribution in [3.63, 3.8) is 0 Å². The molecule has 1 N–H and O–H groups in total. The highest BCUT2D eigenvalue weighted by atomic mass is 16.2. The molecule has 1 unspecified atom stereocenters. The number of rotatable bonds is 6. The summed E-state index contributed by atoms with van der Waals surface area (Å²) in [6, 6.07) is 0.0827. The van der Waals surface area contributed by atoms with Crippen LogP contribution in [0.15, 0.2) is 0 Å². The average molecular weight is 227 g/mol. The Labute approximate surface area is 99.0 Å². The van der Waals surface area contributed by atoms with Gasteiger partial charge in [-0.1, -0.05) is 0 Å². The second kappa shape index (κ2) is 6.86. The molecule has 1 aliphatic heterocycles. The van der Waals surface area contributed by atoms with E-state index in [4.69, 9.17) is 0 Å². The molecule has 0 aromatic rings. The van der Waals surface area contributed by atoms with Crippen molar-refractivity contribution in [1.29, 1.82) is 0 Å². The van der Waals surface area contributed by atoms with Crippen molar-refractivity contribution in [3.05, 3.63) is 0 Å². The molecule has 16 heavy (non-hydrogen) atoms. The van der Waals surface area contributed by atoms with Gasteiger partial charge in [0.15, 0.2) is 0 Å². The summed E-state index contributed by atoms with van der Waals surface area (Å²) in [5.74, 6) is 0.291. The Kier molecular flexibility index (Phi) is 5.77. The largest absolute Gasteiger partial charge is 0.342 e. The maximum absolute atomic E-state index is 12.1. The van der Waals surface area contributed by atoms with Gasteiger partial charge in [0.05, 0.1) is 6.04 Å². The zero-order valence-electron chi connectivity index (χ0n) is 10.8. The highest BCUT2D eigenvalue weighted by Gasteiger charge is 2.25. The van der Waals surface area contributed by atoms with Crippen molar-refractivity contribution in [2.75, 3.05) is 40.3 Å². The minimum atomic E-state index is 0.0827. The van der Waals surface area contributed by atoms with Crippen LogP contribution in [0.3, 0.4) is 0 Å². The van der Waals surface area contributed by atoms with Gasteiger partial charge in [0.2, 0.25) is 5.91 Å². The Bertz CT molecular complexity index is 212. The van der Waals surface area contributed by atoms with Gasteiger partial charge >= 0.3 is 0 Å². The van der Waals surface area contributed by atoms with Crippen LogP contribution in [0.5, 0.6) is 0 Å². The third-order valence-electron chi connectivity index (χ3n) is 3.09. The van der Waals surface area contributed by atoms with E-state index in [1.807, 2.05) is 4.90 Å². The Hall–Kier alpha value is -0.610. The third-order valence-corrected chi connectivity index (χ3v) is 3.09. The monoisotopic (exact) mass is 227 g/mol. The van der Waals surface area contributed by atoms with E-state index in [-0.39, 0.29) is 6.04 Å². The van der Waals surface area contributed by atoms with Gasteiger partial charge in [-0.05, 0) is 53.4 Å². The molecule has 1 saturated heterocycles. The van der Waals surface area contributed by atoms with Crippen LogP contribution in [0.2, 0.25) is 0 Å². The Morgan fingerprint density at radius 1 is 1.38 bits per heavy atom. The number of carbonyl (C=O) groups excluding carboxylic acids is 1. The number of likely N-dealkylation sites (N-methyl/N-ethyl adjacent to an activating group) is 1. The van der Waals surface area contributed by atoms with Crippen molar-refractivity contribution >= 4 is 5.91 Å². The molecule has 1 aliphatic rings. The van der Waals surface area contributed by atoms with Crippen LogP contribution in [0.1, 0.15) is 26.2 Å². The van der Waals surface area contributed by atoms with Gasteiger partial charge in [0.1, 0.15) is 0 Å². The van der Waals surface area contributed by atoms with Crippen LogP contribution in [0.4, 0.5) is 0 Å². The minimum absolute atomic E-state index is 0.0827. The lowest BCUT2D eigenvalue weighted by Gasteiger charge is -2.24. The summed E-state index contributed by atoms with van der Waals surface area (Å²) in [6.07, 6.45) is 3.19. The lowest BCUT2D eigenvalue weighted by atomic mass is 10.2. The van der Waals surface area contributed by atoms with E-state index in [1.54, 1.807) is 0 Å². The summed E-state index contributed by atoms with van der Waals surface area (Å²) in [5.41, 5.74) is 0. The van der Waals surface area contributed by atoms with E-state index in [2.05, 4.69) is 31.2 Å². The number of hydrogen-bond donors (Lipinski definition) is 1. The van der Waals surface area contributed by atoms with Crippen molar-refractivity contribution in [2.45, 2.75) is 32.2 Å². The molecule has 4 heteroatoms. The quantitative estimate of drug-likeness (QED) is 0.719. The fourth-order valence-electron chi connectivity index (χ4n) is 2.12. The Morgan fingerprint density at radius 3 is 2.62 bits per heavy atom. The molecule has 0 saturated carbocycles. The average Bonchev–Trinajstić information content (AvgIpc) is 2.76. The fraction of sp³-hybridized carbons (Fsp3) is 0.917. The van der Waals surface area contributed by atoms with Crippen molar-refractivity contribution in [3.8, 4) is 0 Å². The van der Waals surface area contributed by atoms with Crippen molar-refractivity contribution < 1.29 is 4.79 Å². The molecular formula is C12H25N3O. The zero-order valence-corrected chi connectivity index (χ0v) is 10.8. The van der Waals surface area contributed by atoms with E-state index in [9.17, 15) is 4.79 Å². The molecule has 1 heterocycles. The summed E-state index contributed by atoms with van der Waals surface area (Å²) in [5, 5.41) is 3.27. The van der Waals surface area contributed by atoms with Crippen molar-refractivity contribution in [2.24, 2.45) is 0 Å². The molecule has 0 radical (unpaired) electrons. The van der Waals surface area contributed by atoms with Gasteiger partial charge in [-0.15, -0.1) is 0 Å². The molecule has 0 bridgehead atoms. The van der Waals surface area contributed by atoms with Crippen LogP contribution in [-0.2, 0) is 4.79 Å². The molecule has 4 nitrogen and oxygen atoms in total. The molecule has 1 atom stereocenters. The van der Waals surface area contributed by atoms with Gasteiger partial charge < -0.3 is 15.1 Å². The normalized spacial score (nSPS) is 20.4. The smallest absolute Gasteiger partial charge is 0.239 e. The summed E-state index contributed by atoms with van der Waals surface area (Å²) >= 11 is 0. The second-order valence-electron chi connectivity index (χ2n) is 4.72. The van der Waals surface area contributed by atoms with Crippen LogP contribution in [0.25, 0.3) is 0 Å². The highest BCUT2D eigenvalue weighted by molar-refractivity contribution is 5.82. The number of nitrogens with zero attached hydrogens (tertiary/aromatic N) is 2. The Balaban J connectivity index is 2.31.